The van der Waals surface area contributed by atoms with Gasteiger partial charge in [-0.15, -0.1) is 0 Å². The van der Waals surface area contributed by atoms with E-state index in [1.165, 1.54) is 12.1 Å². The number of halogens is 2. The van der Waals surface area contributed by atoms with E-state index >= 15 is 0 Å². The molecule has 3 heterocycles. The Kier molecular flexibility index (Phi) is 8.24. The predicted molar refractivity (Wildman–Crippen MR) is 167 cm³/mol. The molecule has 1 aromatic heterocycles. The van der Waals surface area contributed by atoms with Crippen molar-refractivity contribution in [2.75, 3.05) is 18.4 Å². The van der Waals surface area contributed by atoms with Crippen LogP contribution in [0, 0.1) is 0 Å². The van der Waals surface area contributed by atoms with Crippen molar-refractivity contribution in [2.24, 2.45) is 0 Å². The van der Waals surface area contributed by atoms with Crippen LogP contribution in [0.1, 0.15) is 77.0 Å². The predicted octanol–water partition coefficient (Wildman–Crippen LogP) is 6.25. The van der Waals surface area contributed by atoms with E-state index in [0.29, 0.717) is 47.3 Å². The normalized spacial score (nSPS) is 17.6. The van der Waals surface area contributed by atoms with Crippen molar-refractivity contribution >= 4 is 68.0 Å². The Morgan fingerprint density at radius 3 is 2.42 bits per heavy atom. The summed E-state index contributed by atoms with van der Waals surface area (Å²) >= 11 is 12.5. The molecule has 3 aliphatic rings. The SMILES string of the molecule is O=C1Nc2ccc(S(=O)(=O)Cc3c(Cl)cccc3Cl)cc2C1=Cc1[nH]c2c(c1CCC(=O)N1CCCC1)C(=O)CCCC2. The summed E-state index contributed by atoms with van der Waals surface area (Å²) in [6.45, 7) is 1.51. The van der Waals surface area contributed by atoms with Gasteiger partial charge in [-0.2, -0.15) is 0 Å². The molecule has 2 aromatic carbocycles. The number of amides is 2. The molecule has 2 aliphatic heterocycles. The average molecular weight is 641 g/mol. The maximum absolute atomic E-state index is 13.4. The number of aromatic amines is 1. The lowest BCUT2D eigenvalue weighted by molar-refractivity contribution is -0.130. The Hall–Kier alpha value is -3.40. The molecule has 8 nitrogen and oxygen atoms in total. The second-order valence-electron chi connectivity index (χ2n) is 11.3. The first-order valence-electron chi connectivity index (χ1n) is 14.5. The van der Waals surface area contributed by atoms with Crippen LogP contribution in [0.15, 0.2) is 41.3 Å². The van der Waals surface area contributed by atoms with Crippen LogP contribution in [-0.4, -0.2) is 49.0 Å². The molecule has 2 N–H and O–H groups in total. The van der Waals surface area contributed by atoms with Gasteiger partial charge in [-0.3, -0.25) is 14.4 Å². The zero-order valence-corrected chi connectivity index (χ0v) is 25.8. The van der Waals surface area contributed by atoms with Crippen molar-refractivity contribution < 1.29 is 22.8 Å². The third-order valence-electron chi connectivity index (χ3n) is 8.44. The molecule has 6 rings (SSSR count). The van der Waals surface area contributed by atoms with Crippen LogP contribution in [0.3, 0.4) is 0 Å². The molecule has 0 radical (unpaired) electrons. The smallest absolute Gasteiger partial charge is 0.256 e. The molecule has 3 aromatic rings. The molecule has 11 heteroatoms. The highest BCUT2D eigenvalue weighted by molar-refractivity contribution is 7.90. The summed E-state index contributed by atoms with van der Waals surface area (Å²) in [6, 6.07) is 9.32. The Morgan fingerprint density at radius 1 is 0.953 bits per heavy atom. The van der Waals surface area contributed by atoms with Gasteiger partial charge in [0.25, 0.3) is 5.91 Å². The minimum absolute atomic E-state index is 0.0264. The number of carbonyl (C=O) groups excluding carboxylic acids is 3. The van der Waals surface area contributed by atoms with Crippen molar-refractivity contribution in [1.29, 1.82) is 0 Å². The number of likely N-dealkylation sites (tertiary alicyclic amines) is 1. The fourth-order valence-electron chi connectivity index (χ4n) is 6.19. The molecule has 224 valence electrons. The van der Waals surface area contributed by atoms with E-state index in [-0.39, 0.29) is 44.5 Å². The maximum Gasteiger partial charge on any atom is 0.256 e. The molecule has 0 saturated carbocycles. The molecule has 1 aliphatic carbocycles. The quantitative estimate of drug-likeness (QED) is 0.234. The second-order valence-corrected chi connectivity index (χ2v) is 14.1. The molecule has 0 atom stereocenters. The fourth-order valence-corrected chi connectivity index (χ4v) is 8.31. The first kappa shape index (κ1) is 29.7. The van der Waals surface area contributed by atoms with Crippen molar-refractivity contribution in [3.05, 3.63) is 80.1 Å². The van der Waals surface area contributed by atoms with Gasteiger partial charge in [0.05, 0.1) is 16.2 Å². The number of rotatable bonds is 7. The summed E-state index contributed by atoms with van der Waals surface area (Å²) in [5, 5.41) is 3.33. The number of nitrogens with zero attached hydrogens (tertiary/aromatic N) is 1. The number of benzene rings is 2. The summed E-state index contributed by atoms with van der Waals surface area (Å²) in [5.74, 6) is -0.677. The van der Waals surface area contributed by atoms with Crippen LogP contribution in [0.5, 0.6) is 0 Å². The number of aromatic nitrogens is 1. The van der Waals surface area contributed by atoms with Gasteiger partial charge in [0.1, 0.15) is 0 Å². The minimum atomic E-state index is -3.87. The van der Waals surface area contributed by atoms with E-state index in [9.17, 15) is 22.8 Å². The Balaban J connectivity index is 1.37. The summed E-state index contributed by atoms with van der Waals surface area (Å²) < 4.78 is 26.9. The van der Waals surface area contributed by atoms with Crippen molar-refractivity contribution in [2.45, 2.75) is 62.0 Å². The Morgan fingerprint density at radius 2 is 1.67 bits per heavy atom. The van der Waals surface area contributed by atoms with Crippen molar-refractivity contribution in [1.82, 2.24) is 9.88 Å². The summed E-state index contributed by atoms with van der Waals surface area (Å²) in [5.41, 5.74) is 4.30. The molecular formula is C32H31Cl2N3O5S. The third-order valence-corrected chi connectivity index (χ3v) is 10.8. The maximum atomic E-state index is 13.4. The first-order chi connectivity index (χ1) is 20.6. The number of anilines is 1. The van der Waals surface area contributed by atoms with Gasteiger partial charge in [0, 0.05) is 69.7 Å². The van der Waals surface area contributed by atoms with Crippen LogP contribution in [0.25, 0.3) is 11.6 Å². The van der Waals surface area contributed by atoms with E-state index in [1.807, 2.05) is 4.90 Å². The standard InChI is InChI=1S/C32H31Cl2N3O5S/c33-24-6-5-7-25(34)23(24)18-43(41,42)19-10-12-26-21(16-19)22(32(40)36-26)17-28-20(11-13-30(39)37-14-3-4-15-37)31-27(35-28)8-1-2-9-29(31)38/h5-7,10,12,16-17,35H,1-4,8-9,11,13-15,18H2,(H,36,40). The highest BCUT2D eigenvalue weighted by Gasteiger charge is 2.30. The fraction of sp³-hybridized carbons (Fsp3) is 0.344. The van der Waals surface area contributed by atoms with Gasteiger partial charge in [0.15, 0.2) is 15.6 Å². The van der Waals surface area contributed by atoms with Gasteiger partial charge in [0.2, 0.25) is 5.91 Å². The summed E-state index contributed by atoms with van der Waals surface area (Å²) in [4.78, 5) is 44.6. The highest BCUT2D eigenvalue weighted by atomic mass is 35.5. The second kappa shape index (κ2) is 11.9. The van der Waals surface area contributed by atoms with E-state index in [2.05, 4.69) is 10.3 Å². The first-order valence-corrected chi connectivity index (χ1v) is 16.9. The van der Waals surface area contributed by atoms with E-state index in [1.54, 1.807) is 30.3 Å². The van der Waals surface area contributed by atoms with Crippen LogP contribution in [0.4, 0.5) is 5.69 Å². The Bertz CT molecular complexity index is 1770. The number of hydrogen-bond donors (Lipinski definition) is 2. The number of Topliss-reactive ketones (excluding diaryl/α,β-unsaturated/α-hetero) is 1. The van der Waals surface area contributed by atoms with Crippen LogP contribution < -0.4 is 5.32 Å². The monoisotopic (exact) mass is 639 g/mol. The number of nitrogens with one attached hydrogen (secondary N) is 2. The third kappa shape index (κ3) is 5.90. The lowest BCUT2D eigenvalue weighted by atomic mass is 9.97. The molecule has 1 saturated heterocycles. The number of ketones is 1. The molecule has 1 fully saturated rings. The number of carbonyl (C=O) groups is 3. The highest BCUT2D eigenvalue weighted by Crippen LogP contribution is 2.38. The minimum Gasteiger partial charge on any atom is -0.358 e. The van der Waals surface area contributed by atoms with E-state index in [0.717, 1.165) is 50.0 Å². The van der Waals surface area contributed by atoms with Gasteiger partial charge in [-0.1, -0.05) is 29.3 Å². The molecule has 0 unspecified atom stereocenters. The number of H-pyrrole nitrogens is 1. The number of aryl methyl sites for hydroxylation is 1. The number of hydrogen-bond acceptors (Lipinski definition) is 5. The molecular weight excluding hydrogens is 609 g/mol. The zero-order valence-electron chi connectivity index (χ0n) is 23.5. The van der Waals surface area contributed by atoms with Crippen LogP contribution >= 0.6 is 23.2 Å². The molecule has 0 spiro atoms. The average Bonchev–Trinajstić information content (AvgIpc) is 3.67. The summed E-state index contributed by atoms with van der Waals surface area (Å²) in [7, 11) is -3.87. The van der Waals surface area contributed by atoms with E-state index < -0.39 is 15.6 Å². The van der Waals surface area contributed by atoms with Crippen molar-refractivity contribution in [3.63, 3.8) is 0 Å². The molecule has 0 bridgehead atoms. The number of sulfone groups is 1. The van der Waals surface area contributed by atoms with Crippen LogP contribution in [-0.2, 0) is 38.0 Å². The number of fused-ring (bicyclic) bond motifs is 2. The van der Waals surface area contributed by atoms with Gasteiger partial charge < -0.3 is 15.2 Å². The van der Waals surface area contributed by atoms with Crippen molar-refractivity contribution in [3.8, 4) is 0 Å². The lowest BCUT2D eigenvalue weighted by Gasteiger charge is -2.15. The van der Waals surface area contributed by atoms with Gasteiger partial charge in [-0.05, 0) is 80.5 Å². The molecule has 2 amide bonds. The molecule has 43 heavy (non-hydrogen) atoms. The summed E-state index contributed by atoms with van der Waals surface area (Å²) in [6.07, 6.45) is 7.12. The van der Waals surface area contributed by atoms with Gasteiger partial charge >= 0.3 is 0 Å². The topological polar surface area (TPSA) is 116 Å². The lowest BCUT2D eigenvalue weighted by Crippen LogP contribution is -2.27. The van der Waals surface area contributed by atoms with Crippen LogP contribution in [0.2, 0.25) is 10.0 Å². The van der Waals surface area contributed by atoms with E-state index in [4.69, 9.17) is 23.2 Å². The Labute approximate surface area is 260 Å². The zero-order chi connectivity index (χ0) is 30.3. The van der Waals surface area contributed by atoms with Gasteiger partial charge in [-0.25, -0.2) is 8.42 Å². The largest absolute Gasteiger partial charge is 0.358 e.